The molecule has 2 aromatic carbocycles. The molecule has 31 heavy (non-hydrogen) atoms. The van der Waals surface area contributed by atoms with Crippen molar-refractivity contribution in [2.45, 2.75) is 32.1 Å². The van der Waals surface area contributed by atoms with Crippen molar-refractivity contribution in [3.8, 4) is 0 Å². The molecule has 164 valence electrons. The van der Waals surface area contributed by atoms with Crippen molar-refractivity contribution in [1.82, 2.24) is 0 Å². The van der Waals surface area contributed by atoms with Crippen molar-refractivity contribution in [1.29, 1.82) is 0 Å². The van der Waals surface area contributed by atoms with E-state index in [0.717, 1.165) is 22.4 Å². The predicted octanol–water partition coefficient (Wildman–Crippen LogP) is 3.46. The number of nitrogens with zero attached hydrogens (tertiary/aromatic N) is 2. The predicted molar refractivity (Wildman–Crippen MR) is 124 cm³/mol. The number of benzene rings is 2. The highest BCUT2D eigenvalue weighted by molar-refractivity contribution is 8.15. The molecular weight excluding hydrogens is 437 g/mol. The van der Waals surface area contributed by atoms with Crippen LogP contribution in [0.3, 0.4) is 0 Å². The summed E-state index contributed by atoms with van der Waals surface area (Å²) in [5.41, 5.74) is 4.48. The molecule has 0 radical (unpaired) electrons. The van der Waals surface area contributed by atoms with Crippen molar-refractivity contribution < 1.29 is 17.6 Å². The number of amidine groups is 1. The lowest BCUT2D eigenvalue weighted by Crippen LogP contribution is -2.37. The molecule has 2 heterocycles. The molecular formula is C22H24FN3O3S2. The lowest BCUT2D eigenvalue weighted by Gasteiger charge is -2.24. The fourth-order valence-electron chi connectivity index (χ4n) is 4.06. The van der Waals surface area contributed by atoms with Gasteiger partial charge in [0.2, 0.25) is 5.91 Å². The maximum absolute atomic E-state index is 13.5. The second-order valence-corrected chi connectivity index (χ2v) is 11.5. The highest BCUT2D eigenvalue weighted by atomic mass is 32.2. The Morgan fingerprint density at radius 2 is 1.81 bits per heavy atom. The molecule has 1 fully saturated rings. The van der Waals surface area contributed by atoms with Gasteiger partial charge >= 0.3 is 0 Å². The fourth-order valence-corrected chi connectivity index (χ4v) is 7.84. The van der Waals surface area contributed by atoms with Crippen molar-refractivity contribution in [3.05, 3.63) is 58.9 Å². The van der Waals surface area contributed by atoms with E-state index in [-0.39, 0.29) is 41.1 Å². The van der Waals surface area contributed by atoms with Gasteiger partial charge in [0.25, 0.3) is 0 Å². The van der Waals surface area contributed by atoms with Gasteiger partial charge in [-0.3, -0.25) is 9.79 Å². The molecule has 0 unspecified atom stereocenters. The molecule has 0 saturated carbocycles. The van der Waals surface area contributed by atoms with Crippen LogP contribution in [0.25, 0.3) is 0 Å². The summed E-state index contributed by atoms with van der Waals surface area (Å²) >= 11 is 1.37. The van der Waals surface area contributed by atoms with E-state index in [2.05, 4.69) is 10.3 Å². The lowest BCUT2D eigenvalue weighted by atomic mass is 10.1. The van der Waals surface area contributed by atoms with E-state index in [1.54, 1.807) is 17.0 Å². The summed E-state index contributed by atoms with van der Waals surface area (Å²) in [5, 5.41) is 3.43. The first kappa shape index (κ1) is 21.8. The van der Waals surface area contributed by atoms with Gasteiger partial charge in [0, 0.05) is 16.6 Å². The smallest absolute Gasteiger partial charge is 0.244 e. The molecule has 0 bridgehead atoms. The molecule has 1 saturated heterocycles. The molecule has 2 aliphatic rings. The number of carbonyl (C=O) groups excluding carboxylic acids is 1. The topological polar surface area (TPSA) is 78.8 Å². The maximum Gasteiger partial charge on any atom is 0.244 e. The van der Waals surface area contributed by atoms with E-state index in [0.29, 0.717) is 10.9 Å². The standard InChI is InChI=1S/C22H24FN3O3S2/c1-13-8-14(2)21(15(3)9-13)25-20(27)10-26(17-6-4-16(23)5-7-17)22-24-18-11-31(28,29)12-19(18)30-22/h4-9,18-19H,10-12H2,1-3H3,(H,25,27)/t18-,19+/m1/s1. The summed E-state index contributed by atoms with van der Waals surface area (Å²) in [7, 11) is -3.08. The summed E-state index contributed by atoms with van der Waals surface area (Å²) in [4.78, 5) is 19.3. The average molecular weight is 462 g/mol. The fraction of sp³-hybridized carbons (Fsp3) is 0.364. The second kappa shape index (κ2) is 8.27. The maximum atomic E-state index is 13.5. The van der Waals surface area contributed by atoms with Crippen LogP contribution in [0.4, 0.5) is 15.8 Å². The molecule has 1 N–H and O–H groups in total. The van der Waals surface area contributed by atoms with E-state index in [1.165, 1.54) is 23.9 Å². The van der Waals surface area contributed by atoms with Crippen molar-refractivity contribution in [2.75, 3.05) is 28.3 Å². The molecule has 6 nitrogen and oxygen atoms in total. The lowest BCUT2D eigenvalue weighted by molar-refractivity contribution is -0.114. The van der Waals surface area contributed by atoms with Gasteiger partial charge in [-0.1, -0.05) is 29.5 Å². The number of sulfone groups is 1. The minimum absolute atomic E-state index is 0.0174. The van der Waals surface area contributed by atoms with Crippen LogP contribution in [0, 0.1) is 26.6 Å². The van der Waals surface area contributed by atoms with Gasteiger partial charge in [-0.15, -0.1) is 0 Å². The zero-order valence-corrected chi connectivity index (χ0v) is 19.2. The third kappa shape index (κ3) is 4.77. The number of aryl methyl sites for hydroxylation is 3. The highest BCUT2D eigenvalue weighted by Crippen LogP contribution is 2.37. The number of halogens is 1. The minimum Gasteiger partial charge on any atom is -0.324 e. The molecule has 4 rings (SSSR count). The normalized spacial score (nSPS) is 21.5. The number of carbonyl (C=O) groups is 1. The van der Waals surface area contributed by atoms with E-state index >= 15 is 0 Å². The van der Waals surface area contributed by atoms with Crippen LogP contribution in [0.1, 0.15) is 16.7 Å². The number of aliphatic imine (C=N–C) groups is 1. The van der Waals surface area contributed by atoms with Crippen LogP contribution in [0.15, 0.2) is 41.4 Å². The molecule has 0 aromatic heterocycles. The number of amides is 1. The van der Waals surface area contributed by atoms with Gasteiger partial charge in [-0.2, -0.15) is 0 Å². The Bertz CT molecular complexity index is 1140. The minimum atomic E-state index is -3.08. The summed E-state index contributed by atoms with van der Waals surface area (Å²) in [6.07, 6.45) is 0. The first-order chi connectivity index (χ1) is 14.6. The van der Waals surface area contributed by atoms with Crippen LogP contribution in [0.5, 0.6) is 0 Å². The van der Waals surface area contributed by atoms with E-state index < -0.39 is 9.84 Å². The van der Waals surface area contributed by atoms with Crippen molar-refractivity contribution in [3.63, 3.8) is 0 Å². The van der Waals surface area contributed by atoms with Gasteiger partial charge < -0.3 is 10.2 Å². The zero-order chi connectivity index (χ0) is 22.3. The van der Waals surface area contributed by atoms with Gasteiger partial charge in [0.15, 0.2) is 15.0 Å². The molecule has 2 aliphatic heterocycles. The first-order valence-electron chi connectivity index (χ1n) is 9.97. The Morgan fingerprint density at radius 3 is 2.42 bits per heavy atom. The summed E-state index contributed by atoms with van der Waals surface area (Å²) < 4.78 is 37.3. The third-order valence-electron chi connectivity index (χ3n) is 5.42. The molecule has 2 aromatic rings. The third-order valence-corrected chi connectivity index (χ3v) is 8.67. The largest absolute Gasteiger partial charge is 0.324 e. The molecule has 0 spiro atoms. The van der Waals surface area contributed by atoms with Crippen molar-refractivity contribution in [2.24, 2.45) is 4.99 Å². The highest BCUT2D eigenvalue weighted by Gasteiger charge is 2.44. The van der Waals surface area contributed by atoms with Crippen LogP contribution in [-0.4, -0.2) is 48.8 Å². The molecule has 1 amide bonds. The summed E-state index contributed by atoms with van der Waals surface area (Å²) in [6.45, 7) is 5.89. The van der Waals surface area contributed by atoms with Gasteiger partial charge in [-0.05, 0) is 56.2 Å². The number of anilines is 2. The van der Waals surface area contributed by atoms with E-state index in [9.17, 15) is 17.6 Å². The Hall–Kier alpha value is -2.39. The zero-order valence-electron chi connectivity index (χ0n) is 17.6. The van der Waals surface area contributed by atoms with E-state index in [1.807, 2.05) is 32.9 Å². The molecule has 2 atom stereocenters. The van der Waals surface area contributed by atoms with Gasteiger partial charge in [-0.25, -0.2) is 12.8 Å². The SMILES string of the molecule is Cc1cc(C)c(NC(=O)CN(C2=N[C@@H]3CS(=O)(=O)C[C@@H]3S2)c2ccc(F)cc2)c(C)c1. The number of rotatable bonds is 4. The monoisotopic (exact) mass is 461 g/mol. The summed E-state index contributed by atoms with van der Waals surface area (Å²) in [6, 6.07) is 9.58. The van der Waals surface area contributed by atoms with E-state index in [4.69, 9.17) is 0 Å². The number of hydrogen-bond acceptors (Lipinski definition) is 6. The van der Waals surface area contributed by atoms with Crippen molar-refractivity contribution >= 4 is 44.0 Å². The molecule has 0 aliphatic carbocycles. The van der Waals surface area contributed by atoms with Gasteiger partial charge in [0.05, 0.1) is 17.5 Å². The number of thioether (sulfide) groups is 1. The summed E-state index contributed by atoms with van der Waals surface area (Å²) in [5.74, 6) is -0.490. The van der Waals surface area contributed by atoms with Crippen LogP contribution >= 0.6 is 11.8 Å². The molecule has 9 heteroatoms. The van der Waals surface area contributed by atoms with Gasteiger partial charge in [0.1, 0.15) is 12.4 Å². The Balaban J connectivity index is 1.59. The number of fused-ring (bicyclic) bond motifs is 1. The quantitative estimate of drug-likeness (QED) is 0.754. The van der Waals surface area contributed by atoms with Crippen LogP contribution in [-0.2, 0) is 14.6 Å². The first-order valence-corrected chi connectivity index (χ1v) is 12.7. The Labute approximate surface area is 185 Å². The average Bonchev–Trinajstić information content (AvgIpc) is 3.17. The Kier molecular flexibility index (Phi) is 5.83. The van der Waals surface area contributed by atoms with Crippen LogP contribution < -0.4 is 10.2 Å². The van der Waals surface area contributed by atoms with Crippen LogP contribution in [0.2, 0.25) is 0 Å². The Morgan fingerprint density at radius 1 is 1.16 bits per heavy atom. The second-order valence-electron chi connectivity index (χ2n) is 8.10. The number of hydrogen-bond donors (Lipinski definition) is 1. The number of nitrogens with one attached hydrogen (secondary N) is 1.